The van der Waals surface area contributed by atoms with E-state index in [4.69, 9.17) is 5.41 Å². The van der Waals surface area contributed by atoms with E-state index in [-0.39, 0.29) is 5.56 Å². The van der Waals surface area contributed by atoms with Crippen LogP contribution in [-0.2, 0) is 6.42 Å². The zero-order valence-electron chi connectivity index (χ0n) is 16.1. The van der Waals surface area contributed by atoms with Crippen molar-refractivity contribution in [2.75, 3.05) is 0 Å². The lowest BCUT2D eigenvalue weighted by Gasteiger charge is -2.15. The van der Waals surface area contributed by atoms with Crippen LogP contribution >= 0.6 is 0 Å². The minimum absolute atomic E-state index is 0.163. The van der Waals surface area contributed by atoms with Crippen molar-refractivity contribution < 1.29 is 4.39 Å². The molecule has 3 rings (SSSR count). The number of halogens is 1. The molecule has 0 saturated carbocycles. The molecular weight excluding hydrogens is 351 g/mol. The lowest BCUT2D eigenvalue weighted by atomic mass is 9.98. The first-order valence-corrected chi connectivity index (χ1v) is 9.42. The number of pyridine rings is 1. The Morgan fingerprint density at radius 1 is 1.11 bits per heavy atom. The second-order valence-electron chi connectivity index (χ2n) is 6.48. The normalized spacial score (nSPS) is 12.4. The number of hydrogen-bond acceptors (Lipinski definition) is 2. The average molecular weight is 374 g/mol. The van der Waals surface area contributed by atoms with Crippen LogP contribution < -0.4 is 5.56 Å². The topological polar surface area (TPSA) is 45.9 Å². The molecular formula is C24H23FN2O. The third kappa shape index (κ3) is 3.72. The molecule has 0 aliphatic rings. The van der Waals surface area contributed by atoms with E-state index in [9.17, 15) is 9.18 Å². The maximum absolute atomic E-state index is 14.1. The Labute approximate surface area is 164 Å². The Kier molecular flexibility index (Phi) is 5.99. The Morgan fingerprint density at radius 2 is 1.86 bits per heavy atom. The van der Waals surface area contributed by atoms with Crippen LogP contribution in [0.2, 0.25) is 0 Å². The van der Waals surface area contributed by atoms with E-state index in [1.54, 1.807) is 10.6 Å². The van der Waals surface area contributed by atoms with E-state index in [0.29, 0.717) is 29.4 Å². The fraction of sp³-hybridized carbons (Fsp3) is 0.167. The van der Waals surface area contributed by atoms with Crippen LogP contribution in [0.5, 0.6) is 0 Å². The van der Waals surface area contributed by atoms with Crippen LogP contribution in [0.3, 0.4) is 0 Å². The first-order valence-electron chi connectivity index (χ1n) is 9.42. The molecule has 0 aliphatic heterocycles. The minimum Gasteiger partial charge on any atom is -0.308 e. The lowest BCUT2D eigenvalue weighted by molar-refractivity contribution is 0.662. The number of rotatable bonds is 6. The van der Waals surface area contributed by atoms with Gasteiger partial charge in [0.25, 0.3) is 5.56 Å². The molecule has 2 aromatic carbocycles. The predicted octanol–water partition coefficient (Wildman–Crippen LogP) is 5.85. The van der Waals surface area contributed by atoms with E-state index in [2.05, 4.69) is 0 Å². The summed E-state index contributed by atoms with van der Waals surface area (Å²) < 4.78 is 15.8. The van der Waals surface area contributed by atoms with Crippen LogP contribution in [0.4, 0.5) is 4.39 Å². The van der Waals surface area contributed by atoms with Crippen LogP contribution in [0.15, 0.2) is 77.4 Å². The van der Waals surface area contributed by atoms with Crippen LogP contribution in [0.1, 0.15) is 31.5 Å². The van der Waals surface area contributed by atoms with E-state index < -0.39 is 5.83 Å². The molecule has 3 aromatic rings. The van der Waals surface area contributed by atoms with Crippen molar-refractivity contribution in [1.82, 2.24) is 4.57 Å². The summed E-state index contributed by atoms with van der Waals surface area (Å²) >= 11 is 0. The van der Waals surface area contributed by atoms with Crippen LogP contribution in [0, 0.1) is 5.41 Å². The second kappa shape index (κ2) is 8.61. The largest absolute Gasteiger partial charge is 0.308 e. The van der Waals surface area contributed by atoms with Gasteiger partial charge in [0.2, 0.25) is 0 Å². The number of nitrogens with zero attached hydrogens (tertiary/aromatic N) is 1. The predicted molar refractivity (Wildman–Crippen MR) is 115 cm³/mol. The van der Waals surface area contributed by atoms with E-state index in [1.165, 1.54) is 12.2 Å². The van der Waals surface area contributed by atoms with Gasteiger partial charge in [0.05, 0.1) is 5.39 Å². The molecule has 0 atom stereocenters. The Bertz CT molecular complexity index is 1120. The molecule has 0 unspecified atom stereocenters. The van der Waals surface area contributed by atoms with Crippen molar-refractivity contribution in [1.29, 1.82) is 5.41 Å². The van der Waals surface area contributed by atoms with Gasteiger partial charge in [0.15, 0.2) is 0 Å². The average Bonchev–Trinajstić information content (AvgIpc) is 2.72. The molecule has 0 amide bonds. The molecule has 1 N–H and O–H groups in total. The number of allylic oxidation sites excluding steroid dienone is 4. The Balaban J connectivity index is 2.37. The molecule has 142 valence electrons. The second-order valence-corrected chi connectivity index (χ2v) is 6.48. The van der Waals surface area contributed by atoms with Crippen molar-refractivity contribution in [3.8, 4) is 5.69 Å². The molecule has 1 heterocycles. The Hall–Kier alpha value is -3.27. The van der Waals surface area contributed by atoms with Crippen molar-refractivity contribution in [2.24, 2.45) is 0 Å². The smallest absolute Gasteiger partial charge is 0.263 e. The van der Waals surface area contributed by atoms with Gasteiger partial charge in [-0.2, -0.15) is 0 Å². The van der Waals surface area contributed by atoms with Gasteiger partial charge in [-0.3, -0.25) is 9.36 Å². The number of aryl methyl sites for hydroxylation is 1. The maximum Gasteiger partial charge on any atom is 0.263 e. The lowest BCUT2D eigenvalue weighted by Crippen LogP contribution is -2.22. The highest BCUT2D eigenvalue weighted by molar-refractivity contribution is 6.14. The number of fused-ring (bicyclic) bond motifs is 1. The van der Waals surface area contributed by atoms with E-state index >= 15 is 0 Å². The first kappa shape index (κ1) is 19.5. The molecule has 1 aromatic heterocycles. The summed E-state index contributed by atoms with van der Waals surface area (Å²) in [5.74, 6) is -0.411. The fourth-order valence-corrected chi connectivity index (χ4v) is 3.38. The standard InChI is InChI=1S/C24H23FN2O/c1-3-9-19(25)14-18(16-26)22-13-8-10-17-15-20(4-2)27(24(28)23(17)22)21-11-6-5-7-12-21/h5-16,26H,3-4H2,1-2H3/b18-14+,19-9+,26-16?. The molecule has 0 saturated heterocycles. The van der Waals surface area contributed by atoms with Crippen molar-refractivity contribution in [2.45, 2.75) is 26.7 Å². The first-order chi connectivity index (χ1) is 13.6. The molecule has 0 bridgehead atoms. The van der Waals surface area contributed by atoms with Gasteiger partial charge in [-0.15, -0.1) is 0 Å². The van der Waals surface area contributed by atoms with Gasteiger partial charge >= 0.3 is 0 Å². The number of nitrogens with one attached hydrogen (secondary N) is 1. The summed E-state index contributed by atoms with van der Waals surface area (Å²) in [5.41, 5.74) is 2.46. The molecule has 4 heteroatoms. The van der Waals surface area contributed by atoms with E-state index in [1.807, 2.05) is 62.4 Å². The summed E-state index contributed by atoms with van der Waals surface area (Å²) in [4.78, 5) is 13.5. The maximum atomic E-state index is 14.1. The summed E-state index contributed by atoms with van der Waals surface area (Å²) in [7, 11) is 0. The van der Waals surface area contributed by atoms with Crippen molar-refractivity contribution in [3.63, 3.8) is 0 Å². The minimum atomic E-state index is -0.411. The van der Waals surface area contributed by atoms with Gasteiger partial charge in [-0.1, -0.05) is 50.2 Å². The summed E-state index contributed by atoms with van der Waals surface area (Å²) in [6.45, 7) is 3.86. The van der Waals surface area contributed by atoms with Crippen molar-refractivity contribution in [3.05, 3.63) is 94.2 Å². The van der Waals surface area contributed by atoms with Gasteiger partial charge in [-0.25, -0.2) is 4.39 Å². The number of para-hydroxylation sites is 1. The van der Waals surface area contributed by atoms with Gasteiger partial charge in [0, 0.05) is 23.2 Å². The zero-order chi connectivity index (χ0) is 20.1. The highest BCUT2D eigenvalue weighted by Crippen LogP contribution is 2.25. The number of aromatic nitrogens is 1. The summed E-state index contributed by atoms with van der Waals surface area (Å²) in [6.07, 6.45) is 5.12. The quantitative estimate of drug-likeness (QED) is 0.427. The monoisotopic (exact) mass is 374 g/mol. The third-order valence-electron chi connectivity index (χ3n) is 4.66. The summed E-state index contributed by atoms with van der Waals surface area (Å²) in [6, 6.07) is 17.0. The molecule has 3 nitrogen and oxygen atoms in total. The van der Waals surface area contributed by atoms with Crippen molar-refractivity contribution >= 4 is 22.6 Å². The highest BCUT2D eigenvalue weighted by Gasteiger charge is 2.14. The van der Waals surface area contributed by atoms with E-state index in [0.717, 1.165) is 23.0 Å². The van der Waals surface area contributed by atoms with Gasteiger partial charge < -0.3 is 5.41 Å². The number of hydrogen-bond donors (Lipinski definition) is 1. The van der Waals surface area contributed by atoms with Gasteiger partial charge in [-0.05, 0) is 54.1 Å². The fourth-order valence-electron chi connectivity index (χ4n) is 3.38. The molecule has 0 aliphatic carbocycles. The highest BCUT2D eigenvalue weighted by atomic mass is 19.1. The van der Waals surface area contributed by atoms with Crippen LogP contribution in [-0.4, -0.2) is 10.8 Å². The molecule has 0 radical (unpaired) electrons. The Morgan fingerprint density at radius 3 is 2.50 bits per heavy atom. The SMILES string of the molecule is CC/C=C(F)\C=C(/C=N)c1cccc2cc(CC)n(-c3ccccc3)c(=O)c12. The molecule has 28 heavy (non-hydrogen) atoms. The third-order valence-corrected chi connectivity index (χ3v) is 4.66. The zero-order valence-corrected chi connectivity index (χ0v) is 16.1. The summed E-state index contributed by atoms with van der Waals surface area (Å²) in [5, 5.41) is 9.05. The number of benzene rings is 2. The molecule has 0 fully saturated rings. The van der Waals surface area contributed by atoms with Gasteiger partial charge in [0.1, 0.15) is 5.83 Å². The molecule has 0 spiro atoms. The van der Waals surface area contributed by atoms with Crippen LogP contribution in [0.25, 0.3) is 22.0 Å².